The first kappa shape index (κ1) is 16.2. The number of hydrogen-bond donors (Lipinski definition) is 1. The van der Waals surface area contributed by atoms with Gasteiger partial charge in [-0.3, -0.25) is 0 Å². The number of methoxy groups -OCH3 is 1. The monoisotopic (exact) mass is 294 g/mol. The highest BCUT2D eigenvalue weighted by Gasteiger charge is 2.21. The van der Waals surface area contributed by atoms with Crippen LogP contribution in [-0.4, -0.2) is 33.4 Å². The van der Waals surface area contributed by atoms with Crippen molar-refractivity contribution in [1.82, 2.24) is 5.32 Å². The van der Waals surface area contributed by atoms with E-state index < -0.39 is 0 Å². The Hall–Kier alpha value is -1.13. The molecule has 0 saturated heterocycles. The molecule has 1 aliphatic rings. The van der Waals surface area contributed by atoms with E-state index in [1.165, 1.54) is 19.3 Å². The fourth-order valence-electron chi connectivity index (χ4n) is 2.79. The van der Waals surface area contributed by atoms with Crippen LogP contribution in [0.3, 0.4) is 0 Å². The van der Waals surface area contributed by atoms with Crippen LogP contribution in [0.15, 0.2) is 18.2 Å². The van der Waals surface area contributed by atoms with Crippen molar-refractivity contribution >= 4 is 5.69 Å². The lowest BCUT2D eigenvalue weighted by Gasteiger charge is -2.34. The first-order valence-electron chi connectivity index (χ1n) is 7.97. The van der Waals surface area contributed by atoms with E-state index in [2.05, 4.69) is 17.1 Å². The summed E-state index contributed by atoms with van der Waals surface area (Å²) in [5, 5.41) is 3.31. The van der Waals surface area contributed by atoms with Crippen molar-refractivity contribution in [2.24, 2.45) is 5.92 Å². The predicted octanol–water partition coefficient (Wildman–Crippen LogP) is 3.19. The fraction of sp³-hybridized carbons (Fsp3) is 0.647. The minimum absolute atomic E-state index is 0.165. The minimum atomic E-state index is -0.165. The number of anilines is 1. The van der Waals surface area contributed by atoms with Crippen LogP contribution < -0.4 is 10.2 Å². The number of rotatable bonds is 9. The van der Waals surface area contributed by atoms with Crippen LogP contribution in [0.2, 0.25) is 0 Å². The van der Waals surface area contributed by atoms with E-state index in [1.807, 2.05) is 6.07 Å². The average Bonchev–Trinajstić information content (AvgIpc) is 2.44. The van der Waals surface area contributed by atoms with Gasteiger partial charge in [-0.25, -0.2) is 4.39 Å². The Morgan fingerprint density at radius 1 is 1.38 bits per heavy atom. The van der Waals surface area contributed by atoms with Crippen LogP contribution in [0.1, 0.15) is 31.7 Å². The number of ether oxygens (including phenoxy) is 1. The molecule has 21 heavy (non-hydrogen) atoms. The van der Waals surface area contributed by atoms with Crippen LogP contribution in [0.5, 0.6) is 0 Å². The Morgan fingerprint density at radius 2 is 2.19 bits per heavy atom. The van der Waals surface area contributed by atoms with E-state index in [0.717, 1.165) is 36.8 Å². The van der Waals surface area contributed by atoms with E-state index in [1.54, 1.807) is 19.2 Å². The summed E-state index contributed by atoms with van der Waals surface area (Å²) in [6.45, 7) is 6.35. The zero-order valence-corrected chi connectivity index (χ0v) is 13.2. The van der Waals surface area contributed by atoms with Gasteiger partial charge in [0, 0.05) is 39.0 Å². The highest BCUT2D eigenvalue weighted by Crippen LogP contribution is 2.30. The van der Waals surface area contributed by atoms with E-state index in [4.69, 9.17) is 4.74 Å². The number of halogens is 1. The molecule has 1 aromatic rings. The molecule has 0 radical (unpaired) electrons. The number of hydrogen-bond acceptors (Lipinski definition) is 3. The molecule has 0 aromatic heterocycles. The lowest BCUT2D eigenvalue weighted by Crippen LogP contribution is -2.33. The molecule has 1 fully saturated rings. The highest BCUT2D eigenvalue weighted by molar-refractivity contribution is 5.54. The maximum absolute atomic E-state index is 13.6. The summed E-state index contributed by atoms with van der Waals surface area (Å²) in [7, 11) is 1.69. The molecule has 0 spiro atoms. The normalized spacial score (nSPS) is 15.0. The third kappa shape index (κ3) is 4.68. The summed E-state index contributed by atoms with van der Waals surface area (Å²) in [5.41, 5.74) is 2.20. The Labute approximate surface area is 127 Å². The van der Waals surface area contributed by atoms with Gasteiger partial charge >= 0.3 is 0 Å². The Balaban J connectivity index is 2.04. The molecule has 1 saturated carbocycles. The fourth-order valence-corrected chi connectivity index (χ4v) is 2.79. The quantitative estimate of drug-likeness (QED) is 0.708. The van der Waals surface area contributed by atoms with Crippen LogP contribution in [0, 0.1) is 11.7 Å². The molecule has 0 unspecified atom stereocenters. The lowest BCUT2D eigenvalue weighted by molar-refractivity contribution is 0.199. The smallest absolute Gasteiger partial charge is 0.123 e. The zero-order valence-electron chi connectivity index (χ0n) is 13.2. The van der Waals surface area contributed by atoms with Crippen molar-refractivity contribution in [3.63, 3.8) is 0 Å². The maximum Gasteiger partial charge on any atom is 0.123 e. The van der Waals surface area contributed by atoms with Crippen molar-refractivity contribution < 1.29 is 9.13 Å². The minimum Gasteiger partial charge on any atom is -0.383 e. The van der Waals surface area contributed by atoms with Crippen LogP contribution >= 0.6 is 0 Å². The highest BCUT2D eigenvalue weighted by atomic mass is 19.1. The summed E-state index contributed by atoms with van der Waals surface area (Å²) in [6.07, 6.45) is 4.02. The molecule has 1 aliphatic carbocycles. The number of benzene rings is 1. The van der Waals surface area contributed by atoms with E-state index in [-0.39, 0.29) is 5.82 Å². The molecule has 0 aliphatic heterocycles. The van der Waals surface area contributed by atoms with Crippen molar-refractivity contribution in [3.05, 3.63) is 29.6 Å². The second kappa shape index (κ2) is 8.35. The third-order valence-electron chi connectivity index (χ3n) is 4.27. The van der Waals surface area contributed by atoms with Gasteiger partial charge in [-0.1, -0.05) is 6.42 Å². The van der Waals surface area contributed by atoms with Gasteiger partial charge in [-0.15, -0.1) is 0 Å². The number of nitrogens with zero attached hydrogens (tertiary/aromatic N) is 1. The molecular formula is C17H27FN2O. The van der Waals surface area contributed by atoms with E-state index in [9.17, 15) is 4.39 Å². The second-order valence-electron chi connectivity index (χ2n) is 5.78. The molecule has 4 heteroatoms. The Bertz CT molecular complexity index is 435. The second-order valence-corrected chi connectivity index (χ2v) is 5.78. The molecule has 0 amide bonds. The van der Waals surface area contributed by atoms with Crippen molar-refractivity contribution in [1.29, 1.82) is 0 Å². The predicted molar refractivity (Wildman–Crippen MR) is 85.2 cm³/mol. The van der Waals surface area contributed by atoms with Gasteiger partial charge in [-0.2, -0.15) is 0 Å². The molecule has 118 valence electrons. The molecule has 0 bridgehead atoms. The van der Waals surface area contributed by atoms with Gasteiger partial charge in [-0.05, 0) is 49.4 Å². The van der Waals surface area contributed by atoms with Crippen molar-refractivity contribution in [2.75, 3.05) is 38.3 Å². The Kier molecular flexibility index (Phi) is 6.46. The molecular weight excluding hydrogens is 267 g/mol. The average molecular weight is 294 g/mol. The first-order valence-corrected chi connectivity index (χ1v) is 7.97. The summed E-state index contributed by atoms with van der Waals surface area (Å²) in [4.78, 5) is 2.39. The van der Waals surface area contributed by atoms with E-state index >= 15 is 0 Å². The summed E-state index contributed by atoms with van der Waals surface area (Å²) in [5.74, 6) is 0.645. The largest absolute Gasteiger partial charge is 0.383 e. The van der Waals surface area contributed by atoms with Gasteiger partial charge in [0.25, 0.3) is 0 Å². The van der Waals surface area contributed by atoms with Gasteiger partial charge in [0.15, 0.2) is 0 Å². The molecule has 3 nitrogen and oxygen atoms in total. The van der Waals surface area contributed by atoms with E-state index in [0.29, 0.717) is 13.2 Å². The van der Waals surface area contributed by atoms with Crippen LogP contribution in [0.25, 0.3) is 0 Å². The van der Waals surface area contributed by atoms with Gasteiger partial charge in [0.2, 0.25) is 0 Å². The van der Waals surface area contributed by atoms with Gasteiger partial charge < -0.3 is 15.0 Å². The van der Waals surface area contributed by atoms with Gasteiger partial charge in [0.1, 0.15) is 5.82 Å². The molecule has 0 atom stereocenters. The third-order valence-corrected chi connectivity index (χ3v) is 4.27. The topological polar surface area (TPSA) is 24.5 Å². The Morgan fingerprint density at radius 3 is 2.81 bits per heavy atom. The van der Waals surface area contributed by atoms with Crippen LogP contribution in [0.4, 0.5) is 10.1 Å². The summed E-state index contributed by atoms with van der Waals surface area (Å²) in [6, 6.07) is 5.14. The zero-order chi connectivity index (χ0) is 15.1. The molecule has 1 aromatic carbocycles. The lowest BCUT2D eigenvalue weighted by atomic mass is 9.85. The number of nitrogens with one attached hydrogen (secondary N) is 1. The van der Waals surface area contributed by atoms with Crippen LogP contribution in [-0.2, 0) is 11.3 Å². The molecule has 1 N–H and O–H groups in total. The van der Waals surface area contributed by atoms with Crippen molar-refractivity contribution in [3.8, 4) is 0 Å². The summed E-state index contributed by atoms with van der Waals surface area (Å²) >= 11 is 0. The SMILES string of the molecule is CCN(CC1CCC1)c1ccc(F)cc1CNCCOC. The first-order chi connectivity index (χ1) is 10.2. The maximum atomic E-state index is 13.6. The molecule has 0 heterocycles. The summed E-state index contributed by atoms with van der Waals surface area (Å²) < 4.78 is 18.6. The van der Waals surface area contributed by atoms with Crippen molar-refractivity contribution in [2.45, 2.75) is 32.7 Å². The standard InChI is InChI=1S/C17H27FN2O/c1-3-20(13-14-5-4-6-14)17-8-7-16(18)11-15(17)12-19-9-10-21-2/h7-8,11,14,19H,3-6,9-10,12-13H2,1-2H3. The van der Waals surface area contributed by atoms with Gasteiger partial charge in [0.05, 0.1) is 6.61 Å². The molecule has 2 rings (SSSR count).